The highest BCUT2D eigenvalue weighted by molar-refractivity contribution is 5.91. The second-order valence-electron chi connectivity index (χ2n) is 5.19. The fourth-order valence-electron chi connectivity index (χ4n) is 2.44. The van der Waals surface area contributed by atoms with Crippen molar-refractivity contribution in [3.63, 3.8) is 0 Å². The van der Waals surface area contributed by atoms with Crippen molar-refractivity contribution in [2.45, 2.75) is 46.1 Å². The molecule has 0 heterocycles. The lowest BCUT2D eigenvalue weighted by atomic mass is 9.96. The number of benzene rings is 1. The molecule has 2 amide bonds. The summed E-state index contributed by atoms with van der Waals surface area (Å²) in [4.78, 5) is 22.9. The molecule has 116 valence electrons. The molecule has 1 rings (SSSR count). The third-order valence-corrected chi connectivity index (χ3v) is 3.72. The Balaban J connectivity index is 2.68. The first-order chi connectivity index (χ1) is 9.97. The van der Waals surface area contributed by atoms with Crippen LogP contribution in [0.4, 0.5) is 10.5 Å². The van der Waals surface area contributed by atoms with E-state index >= 15 is 0 Å². The van der Waals surface area contributed by atoms with Gasteiger partial charge in [0.15, 0.2) is 0 Å². The minimum absolute atomic E-state index is 0.0756. The molecule has 0 aliphatic heterocycles. The summed E-state index contributed by atoms with van der Waals surface area (Å²) in [5, 5.41) is 14.5. The molecule has 1 unspecified atom stereocenters. The van der Waals surface area contributed by atoms with E-state index in [2.05, 4.69) is 24.5 Å². The van der Waals surface area contributed by atoms with Gasteiger partial charge in [-0.05, 0) is 24.5 Å². The SMILES string of the molecule is CCC(CC)C(C)NC(=O)Nc1ccccc1CC(=O)O. The molecule has 0 spiro atoms. The number of para-hydroxylation sites is 1. The molecule has 3 N–H and O–H groups in total. The van der Waals surface area contributed by atoms with E-state index in [1.165, 1.54) is 0 Å². The third kappa shape index (κ3) is 5.45. The van der Waals surface area contributed by atoms with Crippen molar-refractivity contribution in [1.29, 1.82) is 0 Å². The van der Waals surface area contributed by atoms with Crippen molar-refractivity contribution in [3.05, 3.63) is 29.8 Å². The fraction of sp³-hybridized carbons (Fsp3) is 0.500. The van der Waals surface area contributed by atoms with Gasteiger partial charge in [0, 0.05) is 11.7 Å². The van der Waals surface area contributed by atoms with Crippen molar-refractivity contribution < 1.29 is 14.7 Å². The molecule has 0 aliphatic rings. The van der Waals surface area contributed by atoms with Crippen LogP contribution in [0, 0.1) is 5.92 Å². The van der Waals surface area contributed by atoms with E-state index in [4.69, 9.17) is 5.11 Å². The van der Waals surface area contributed by atoms with Gasteiger partial charge in [0.05, 0.1) is 6.42 Å². The Morgan fingerprint density at radius 1 is 1.19 bits per heavy atom. The molecule has 0 bridgehead atoms. The van der Waals surface area contributed by atoms with E-state index in [0.29, 0.717) is 17.2 Å². The first kappa shape index (κ1) is 17.0. The van der Waals surface area contributed by atoms with Crippen molar-refractivity contribution >= 4 is 17.7 Å². The summed E-state index contributed by atoms with van der Waals surface area (Å²) in [6.07, 6.45) is 1.90. The number of carbonyl (C=O) groups excluding carboxylic acids is 1. The monoisotopic (exact) mass is 292 g/mol. The normalized spacial score (nSPS) is 12.0. The maximum absolute atomic E-state index is 12.0. The van der Waals surface area contributed by atoms with Gasteiger partial charge < -0.3 is 15.7 Å². The molecule has 0 aromatic heterocycles. The van der Waals surface area contributed by atoms with Gasteiger partial charge in [0.25, 0.3) is 0 Å². The maximum Gasteiger partial charge on any atom is 0.319 e. The lowest BCUT2D eigenvalue weighted by Gasteiger charge is -2.23. The van der Waals surface area contributed by atoms with Crippen LogP contribution in [-0.2, 0) is 11.2 Å². The largest absolute Gasteiger partial charge is 0.481 e. The predicted octanol–water partition coefficient (Wildman–Crippen LogP) is 3.26. The number of carboxylic acid groups (broad SMARTS) is 1. The number of carbonyl (C=O) groups is 2. The van der Waals surface area contributed by atoms with Crippen LogP contribution in [0.3, 0.4) is 0 Å². The number of hydrogen-bond donors (Lipinski definition) is 3. The Morgan fingerprint density at radius 3 is 2.38 bits per heavy atom. The van der Waals surface area contributed by atoms with Crippen LogP contribution in [0.15, 0.2) is 24.3 Å². The van der Waals surface area contributed by atoms with E-state index in [9.17, 15) is 9.59 Å². The second kappa shape index (κ2) is 8.29. The smallest absolute Gasteiger partial charge is 0.319 e. The number of anilines is 1. The van der Waals surface area contributed by atoms with E-state index in [1.807, 2.05) is 6.92 Å². The fourth-order valence-corrected chi connectivity index (χ4v) is 2.44. The summed E-state index contributed by atoms with van der Waals surface area (Å²) in [7, 11) is 0. The minimum Gasteiger partial charge on any atom is -0.481 e. The summed E-state index contributed by atoms with van der Waals surface area (Å²) in [5.41, 5.74) is 1.13. The highest BCUT2D eigenvalue weighted by Gasteiger charge is 2.16. The van der Waals surface area contributed by atoms with Crippen LogP contribution in [0.1, 0.15) is 39.2 Å². The average molecular weight is 292 g/mol. The van der Waals surface area contributed by atoms with Gasteiger partial charge in [-0.2, -0.15) is 0 Å². The molecule has 21 heavy (non-hydrogen) atoms. The van der Waals surface area contributed by atoms with Crippen LogP contribution >= 0.6 is 0 Å². The number of aliphatic carboxylic acids is 1. The van der Waals surface area contributed by atoms with Crippen molar-refractivity contribution in [2.24, 2.45) is 5.92 Å². The van der Waals surface area contributed by atoms with Crippen LogP contribution in [0.25, 0.3) is 0 Å². The molecular weight excluding hydrogens is 268 g/mol. The maximum atomic E-state index is 12.0. The highest BCUT2D eigenvalue weighted by atomic mass is 16.4. The van der Waals surface area contributed by atoms with Crippen molar-refractivity contribution in [1.82, 2.24) is 5.32 Å². The van der Waals surface area contributed by atoms with E-state index < -0.39 is 5.97 Å². The molecule has 5 nitrogen and oxygen atoms in total. The summed E-state index contributed by atoms with van der Waals surface area (Å²) in [5.74, 6) is -0.486. The van der Waals surface area contributed by atoms with Crippen molar-refractivity contribution in [2.75, 3.05) is 5.32 Å². The van der Waals surface area contributed by atoms with Crippen LogP contribution in [0.2, 0.25) is 0 Å². The molecule has 0 radical (unpaired) electrons. The number of amides is 2. The second-order valence-corrected chi connectivity index (χ2v) is 5.19. The molecule has 0 aliphatic carbocycles. The topological polar surface area (TPSA) is 78.4 Å². The molecular formula is C16H24N2O3. The summed E-state index contributed by atoms with van der Waals surface area (Å²) in [6.45, 7) is 6.19. The van der Waals surface area contributed by atoms with Gasteiger partial charge >= 0.3 is 12.0 Å². The Kier molecular flexibility index (Phi) is 6.72. The van der Waals surface area contributed by atoms with Gasteiger partial charge in [-0.15, -0.1) is 0 Å². The predicted molar refractivity (Wildman–Crippen MR) is 83.5 cm³/mol. The molecule has 1 aromatic carbocycles. The van der Waals surface area contributed by atoms with Gasteiger partial charge in [-0.3, -0.25) is 4.79 Å². The van der Waals surface area contributed by atoms with Gasteiger partial charge in [-0.1, -0.05) is 44.9 Å². The minimum atomic E-state index is -0.921. The quantitative estimate of drug-likeness (QED) is 0.721. The third-order valence-electron chi connectivity index (χ3n) is 3.72. The molecule has 0 saturated heterocycles. The number of hydrogen-bond acceptors (Lipinski definition) is 2. The average Bonchev–Trinajstić information content (AvgIpc) is 2.41. The van der Waals surface area contributed by atoms with Crippen molar-refractivity contribution in [3.8, 4) is 0 Å². The highest BCUT2D eigenvalue weighted by Crippen LogP contribution is 2.16. The summed E-state index contributed by atoms with van der Waals surface area (Å²) in [6, 6.07) is 6.71. The van der Waals surface area contributed by atoms with E-state index in [0.717, 1.165) is 12.8 Å². The molecule has 1 aromatic rings. The van der Waals surface area contributed by atoms with Crippen LogP contribution < -0.4 is 10.6 Å². The van der Waals surface area contributed by atoms with E-state index in [1.54, 1.807) is 24.3 Å². The zero-order valence-electron chi connectivity index (χ0n) is 12.8. The lowest BCUT2D eigenvalue weighted by Crippen LogP contribution is -2.40. The first-order valence-electron chi connectivity index (χ1n) is 7.35. The van der Waals surface area contributed by atoms with Crippen LogP contribution in [-0.4, -0.2) is 23.1 Å². The Hall–Kier alpha value is -2.04. The number of carboxylic acids is 1. The number of nitrogens with one attached hydrogen (secondary N) is 2. The van der Waals surface area contributed by atoms with Crippen LogP contribution in [0.5, 0.6) is 0 Å². The molecule has 0 saturated carbocycles. The van der Waals surface area contributed by atoms with Gasteiger partial charge in [-0.25, -0.2) is 4.79 Å². The Morgan fingerprint density at radius 2 is 1.81 bits per heavy atom. The summed E-state index contributed by atoms with van der Waals surface area (Å²) >= 11 is 0. The standard InChI is InChI=1S/C16H24N2O3/c1-4-12(5-2)11(3)17-16(21)18-14-9-7-6-8-13(14)10-15(19)20/h6-9,11-12H,4-5,10H2,1-3H3,(H,19,20)(H2,17,18,21). The lowest BCUT2D eigenvalue weighted by molar-refractivity contribution is -0.136. The first-order valence-corrected chi connectivity index (χ1v) is 7.35. The summed E-state index contributed by atoms with van der Waals surface area (Å²) < 4.78 is 0. The Labute approximate surface area is 125 Å². The number of rotatable bonds is 7. The zero-order valence-corrected chi connectivity index (χ0v) is 12.8. The molecule has 0 fully saturated rings. The number of urea groups is 1. The van der Waals surface area contributed by atoms with Gasteiger partial charge in [0.1, 0.15) is 0 Å². The van der Waals surface area contributed by atoms with Gasteiger partial charge in [0.2, 0.25) is 0 Å². The molecule has 5 heteroatoms. The van der Waals surface area contributed by atoms with E-state index in [-0.39, 0.29) is 18.5 Å². The Bertz CT molecular complexity index is 484. The zero-order chi connectivity index (χ0) is 15.8. The molecule has 1 atom stereocenters.